The summed E-state index contributed by atoms with van der Waals surface area (Å²) in [6, 6.07) is 13.9. The topological polar surface area (TPSA) is 61.8 Å². The average Bonchev–Trinajstić information content (AvgIpc) is 2.53. The zero-order valence-electron chi connectivity index (χ0n) is 13.1. The monoisotopic (exact) mass is 351 g/mol. The van der Waals surface area contributed by atoms with Crippen molar-refractivity contribution in [3.8, 4) is 0 Å². The smallest absolute Gasteiger partial charge is 0.242 e. The number of nitrogens with zero attached hydrogens (tertiary/aromatic N) is 2. The van der Waals surface area contributed by atoms with E-state index in [-0.39, 0.29) is 4.90 Å². The summed E-state index contributed by atoms with van der Waals surface area (Å²) in [4.78, 5) is 0.248. The Morgan fingerprint density at radius 2 is 1.70 bits per heavy atom. The normalized spacial score (nSPS) is 12.5. The van der Waals surface area contributed by atoms with E-state index in [0.29, 0.717) is 10.7 Å². The lowest BCUT2D eigenvalue weighted by Crippen LogP contribution is -2.22. The van der Waals surface area contributed by atoms with E-state index < -0.39 is 10.0 Å². The summed E-state index contributed by atoms with van der Waals surface area (Å²) < 4.78 is 25.2. The van der Waals surface area contributed by atoms with Crippen molar-refractivity contribution in [3.05, 3.63) is 59.1 Å². The molecule has 23 heavy (non-hydrogen) atoms. The Kier molecular flexibility index (Phi) is 5.41. The lowest BCUT2D eigenvalue weighted by molar-refractivity contribution is 0.521. The number of para-hydroxylation sites is 1. The van der Waals surface area contributed by atoms with Crippen molar-refractivity contribution in [2.75, 3.05) is 19.5 Å². The van der Waals surface area contributed by atoms with Gasteiger partial charge in [-0.15, -0.1) is 0 Å². The molecule has 7 heteroatoms. The third kappa shape index (κ3) is 4.10. The third-order valence-corrected chi connectivity index (χ3v) is 5.43. The number of halogens is 1. The number of rotatable bonds is 5. The van der Waals surface area contributed by atoms with Crippen LogP contribution in [0.3, 0.4) is 0 Å². The number of hydrogen-bond acceptors (Lipinski definition) is 4. The molecule has 0 aromatic heterocycles. The summed E-state index contributed by atoms with van der Waals surface area (Å²) >= 11 is 6.05. The van der Waals surface area contributed by atoms with Gasteiger partial charge in [-0.05, 0) is 36.8 Å². The van der Waals surface area contributed by atoms with E-state index in [0.717, 1.165) is 11.3 Å². The van der Waals surface area contributed by atoms with Crippen LogP contribution in [0, 0.1) is 0 Å². The van der Waals surface area contributed by atoms with E-state index in [4.69, 9.17) is 11.6 Å². The van der Waals surface area contributed by atoms with Crippen LogP contribution in [0.5, 0.6) is 0 Å². The van der Waals surface area contributed by atoms with Crippen molar-refractivity contribution < 1.29 is 8.42 Å². The first kappa shape index (κ1) is 17.5. The fraction of sp³-hybridized carbons (Fsp3) is 0.188. The van der Waals surface area contributed by atoms with Crippen LogP contribution in [-0.4, -0.2) is 32.5 Å². The predicted octanol–water partition coefficient (Wildman–Crippen LogP) is 3.43. The molecule has 0 heterocycles. The molecule has 0 saturated heterocycles. The van der Waals surface area contributed by atoms with Crippen molar-refractivity contribution in [1.82, 2.24) is 4.31 Å². The standard InChI is InChI=1S/C16H18ClN3O2S/c1-12(18-19-16-7-5-4-6-15(16)17)13-8-10-14(11-9-13)23(21,22)20(2)3/h4-11,19H,1-3H3/b18-12-. The van der Waals surface area contributed by atoms with Gasteiger partial charge in [-0.3, -0.25) is 5.43 Å². The number of sulfonamides is 1. The highest BCUT2D eigenvalue weighted by Crippen LogP contribution is 2.20. The van der Waals surface area contributed by atoms with E-state index in [9.17, 15) is 8.42 Å². The van der Waals surface area contributed by atoms with E-state index in [1.807, 2.05) is 25.1 Å². The van der Waals surface area contributed by atoms with Crippen molar-refractivity contribution in [2.45, 2.75) is 11.8 Å². The maximum Gasteiger partial charge on any atom is 0.242 e. The van der Waals surface area contributed by atoms with Crippen molar-refractivity contribution >= 4 is 33.0 Å². The molecule has 0 atom stereocenters. The maximum atomic E-state index is 12.0. The molecule has 1 N–H and O–H groups in total. The van der Waals surface area contributed by atoms with Crippen LogP contribution in [0.25, 0.3) is 0 Å². The van der Waals surface area contributed by atoms with Crippen LogP contribution >= 0.6 is 11.6 Å². The van der Waals surface area contributed by atoms with Gasteiger partial charge in [0, 0.05) is 14.1 Å². The fourth-order valence-electron chi connectivity index (χ4n) is 1.84. The van der Waals surface area contributed by atoms with Gasteiger partial charge in [0.2, 0.25) is 10.0 Å². The molecule has 0 bridgehead atoms. The number of nitrogens with one attached hydrogen (secondary N) is 1. The van der Waals surface area contributed by atoms with Gasteiger partial charge in [-0.25, -0.2) is 12.7 Å². The van der Waals surface area contributed by atoms with Crippen molar-refractivity contribution in [3.63, 3.8) is 0 Å². The number of hydrogen-bond donors (Lipinski definition) is 1. The Labute approximate surface area is 141 Å². The summed E-state index contributed by atoms with van der Waals surface area (Å²) in [5, 5.41) is 4.85. The summed E-state index contributed by atoms with van der Waals surface area (Å²) in [5.41, 5.74) is 5.16. The van der Waals surface area contributed by atoms with Gasteiger partial charge in [0.05, 0.1) is 21.3 Å². The zero-order chi connectivity index (χ0) is 17.0. The highest BCUT2D eigenvalue weighted by Gasteiger charge is 2.16. The summed E-state index contributed by atoms with van der Waals surface area (Å²) in [7, 11) is -0.413. The molecule has 0 saturated carbocycles. The number of anilines is 1. The summed E-state index contributed by atoms with van der Waals surface area (Å²) in [5.74, 6) is 0. The molecule has 0 fully saturated rings. The molecule has 122 valence electrons. The van der Waals surface area contributed by atoms with Gasteiger partial charge >= 0.3 is 0 Å². The second-order valence-corrected chi connectivity index (χ2v) is 7.66. The zero-order valence-corrected chi connectivity index (χ0v) is 14.7. The molecular formula is C16H18ClN3O2S. The van der Waals surface area contributed by atoms with Gasteiger partial charge in [0.1, 0.15) is 0 Å². The SMILES string of the molecule is C/C(=N/Nc1ccccc1Cl)c1ccc(S(=O)(=O)N(C)C)cc1. The van der Waals surface area contributed by atoms with Gasteiger partial charge < -0.3 is 0 Å². The second-order valence-electron chi connectivity index (χ2n) is 5.10. The van der Waals surface area contributed by atoms with Gasteiger partial charge in [-0.1, -0.05) is 35.9 Å². The van der Waals surface area contributed by atoms with Crippen molar-refractivity contribution in [2.24, 2.45) is 5.10 Å². The Morgan fingerprint density at radius 1 is 1.09 bits per heavy atom. The van der Waals surface area contributed by atoms with Crippen LogP contribution in [0.2, 0.25) is 5.02 Å². The Bertz CT molecular complexity index is 815. The number of benzene rings is 2. The summed E-state index contributed by atoms with van der Waals surface area (Å²) in [6.07, 6.45) is 0. The fourth-order valence-corrected chi connectivity index (χ4v) is 2.92. The second kappa shape index (κ2) is 7.12. The predicted molar refractivity (Wildman–Crippen MR) is 94.6 cm³/mol. The molecule has 0 amide bonds. The van der Waals surface area contributed by atoms with Crippen LogP contribution in [-0.2, 0) is 10.0 Å². The van der Waals surface area contributed by atoms with E-state index in [1.165, 1.54) is 18.4 Å². The van der Waals surface area contributed by atoms with E-state index >= 15 is 0 Å². The first-order valence-electron chi connectivity index (χ1n) is 6.90. The third-order valence-electron chi connectivity index (χ3n) is 3.27. The van der Waals surface area contributed by atoms with Crippen LogP contribution in [0.15, 0.2) is 58.5 Å². The Hall–Kier alpha value is -1.89. The molecule has 0 unspecified atom stereocenters. The van der Waals surface area contributed by atoms with E-state index in [1.54, 1.807) is 30.3 Å². The largest absolute Gasteiger partial charge is 0.277 e. The minimum atomic E-state index is -3.42. The molecule has 2 rings (SSSR count). The molecule has 2 aromatic rings. The molecule has 0 aliphatic heterocycles. The molecule has 5 nitrogen and oxygen atoms in total. The average molecular weight is 352 g/mol. The molecular weight excluding hydrogens is 334 g/mol. The highest BCUT2D eigenvalue weighted by atomic mass is 35.5. The first-order chi connectivity index (χ1) is 10.8. The Morgan fingerprint density at radius 3 is 2.26 bits per heavy atom. The molecule has 0 aliphatic rings. The Balaban J connectivity index is 2.19. The highest BCUT2D eigenvalue weighted by molar-refractivity contribution is 7.89. The molecule has 2 aromatic carbocycles. The van der Waals surface area contributed by atoms with Gasteiger partial charge in [-0.2, -0.15) is 5.10 Å². The molecule has 0 aliphatic carbocycles. The number of hydrazone groups is 1. The first-order valence-corrected chi connectivity index (χ1v) is 8.72. The van der Waals surface area contributed by atoms with Crippen LogP contribution in [0.1, 0.15) is 12.5 Å². The molecule has 0 spiro atoms. The summed E-state index contributed by atoms with van der Waals surface area (Å²) in [6.45, 7) is 1.83. The minimum Gasteiger partial charge on any atom is -0.277 e. The van der Waals surface area contributed by atoms with E-state index in [2.05, 4.69) is 10.5 Å². The minimum absolute atomic E-state index is 0.248. The van der Waals surface area contributed by atoms with Gasteiger partial charge in [0.15, 0.2) is 0 Å². The maximum absolute atomic E-state index is 12.0. The van der Waals surface area contributed by atoms with Gasteiger partial charge in [0.25, 0.3) is 0 Å². The lowest BCUT2D eigenvalue weighted by Gasteiger charge is -2.11. The quantitative estimate of drug-likeness (QED) is 0.663. The van der Waals surface area contributed by atoms with Crippen molar-refractivity contribution in [1.29, 1.82) is 0 Å². The lowest BCUT2D eigenvalue weighted by atomic mass is 10.1. The molecule has 0 radical (unpaired) electrons. The van der Waals surface area contributed by atoms with Crippen LogP contribution < -0.4 is 5.43 Å². The van der Waals surface area contributed by atoms with Crippen LogP contribution in [0.4, 0.5) is 5.69 Å².